The number of carboxylic acid groups (broad SMARTS) is 1. The summed E-state index contributed by atoms with van der Waals surface area (Å²) >= 11 is 0. The summed E-state index contributed by atoms with van der Waals surface area (Å²) in [5.41, 5.74) is 3.08. The summed E-state index contributed by atoms with van der Waals surface area (Å²) in [6, 6.07) is 14.0. The first kappa shape index (κ1) is 21.4. The Bertz CT molecular complexity index is 745. The standard InChI is InChI=1S/C21H24FNO3.ClH/c1-15(21(24)25)23-12-10-19(11-13-23)26-14-17-4-2-3-5-20(17)16-6-8-18(22)9-7-16;/h2-9,15,19H,10-14H2,1H3,(H,24,25);1H. The molecule has 1 unspecified atom stereocenters. The average Bonchev–Trinajstić information content (AvgIpc) is 2.67. The van der Waals surface area contributed by atoms with Crippen molar-refractivity contribution in [2.75, 3.05) is 13.1 Å². The molecule has 1 aliphatic rings. The fraction of sp³-hybridized carbons (Fsp3) is 0.381. The highest BCUT2D eigenvalue weighted by Gasteiger charge is 2.26. The largest absolute Gasteiger partial charge is 0.480 e. The smallest absolute Gasteiger partial charge is 0.320 e. The molecule has 3 rings (SSSR count). The van der Waals surface area contributed by atoms with E-state index in [4.69, 9.17) is 9.84 Å². The lowest BCUT2D eigenvalue weighted by molar-refractivity contribution is -0.143. The highest BCUT2D eigenvalue weighted by atomic mass is 35.5. The van der Waals surface area contributed by atoms with Gasteiger partial charge in [-0.15, -0.1) is 12.4 Å². The van der Waals surface area contributed by atoms with Gasteiger partial charge < -0.3 is 9.84 Å². The van der Waals surface area contributed by atoms with Crippen LogP contribution in [0, 0.1) is 5.82 Å². The van der Waals surface area contributed by atoms with E-state index in [-0.39, 0.29) is 24.3 Å². The van der Waals surface area contributed by atoms with Crippen LogP contribution in [0.4, 0.5) is 4.39 Å². The number of likely N-dealkylation sites (tertiary alicyclic amines) is 1. The van der Waals surface area contributed by atoms with Crippen molar-refractivity contribution in [2.24, 2.45) is 0 Å². The number of hydrogen-bond donors (Lipinski definition) is 1. The molecule has 1 heterocycles. The lowest BCUT2D eigenvalue weighted by Gasteiger charge is -2.34. The highest BCUT2D eigenvalue weighted by molar-refractivity contribution is 5.85. The van der Waals surface area contributed by atoms with E-state index in [0.29, 0.717) is 6.61 Å². The van der Waals surface area contributed by atoms with Gasteiger partial charge in [-0.1, -0.05) is 36.4 Å². The first-order chi connectivity index (χ1) is 12.5. The molecule has 27 heavy (non-hydrogen) atoms. The van der Waals surface area contributed by atoms with Crippen LogP contribution in [0.2, 0.25) is 0 Å². The topological polar surface area (TPSA) is 49.8 Å². The molecule has 1 aliphatic heterocycles. The Kier molecular flexibility index (Phi) is 7.78. The third-order valence-electron chi connectivity index (χ3n) is 5.03. The fourth-order valence-corrected chi connectivity index (χ4v) is 3.35. The van der Waals surface area contributed by atoms with Gasteiger partial charge in [0.1, 0.15) is 11.9 Å². The second-order valence-electron chi connectivity index (χ2n) is 6.72. The van der Waals surface area contributed by atoms with E-state index < -0.39 is 12.0 Å². The van der Waals surface area contributed by atoms with Crippen LogP contribution < -0.4 is 0 Å². The summed E-state index contributed by atoms with van der Waals surface area (Å²) in [4.78, 5) is 13.1. The predicted octanol–water partition coefficient (Wildman–Crippen LogP) is 4.37. The van der Waals surface area contributed by atoms with Crippen molar-refractivity contribution in [3.05, 3.63) is 59.9 Å². The zero-order chi connectivity index (χ0) is 18.5. The number of benzene rings is 2. The lowest BCUT2D eigenvalue weighted by atomic mass is 10.00. The molecule has 6 heteroatoms. The van der Waals surface area contributed by atoms with Gasteiger partial charge in [-0.05, 0) is 48.6 Å². The summed E-state index contributed by atoms with van der Waals surface area (Å²) in [7, 11) is 0. The first-order valence-corrected chi connectivity index (χ1v) is 8.97. The predicted molar refractivity (Wildman–Crippen MR) is 106 cm³/mol. The third-order valence-corrected chi connectivity index (χ3v) is 5.03. The summed E-state index contributed by atoms with van der Waals surface area (Å²) < 4.78 is 19.3. The van der Waals surface area contributed by atoms with E-state index in [9.17, 15) is 9.18 Å². The van der Waals surface area contributed by atoms with E-state index >= 15 is 0 Å². The Morgan fingerprint density at radius 2 is 1.81 bits per heavy atom. The Morgan fingerprint density at radius 1 is 1.19 bits per heavy atom. The summed E-state index contributed by atoms with van der Waals surface area (Å²) in [6.45, 7) is 3.69. The summed E-state index contributed by atoms with van der Waals surface area (Å²) in [5.74, 6) is -1.03. The Hall–Kier alpha value is -1.95. The number of hydrogen-bond acceptors (Lipinski definition) is 3. The van der Waals surface area contributed by atoms with Gasteiger partial charge in [0.25, 0.3) is 0 Å². The molecule has 146 valence electrons. The lowest BCUT2D eigenvalue weighted by Crippen LogP contribution is -2.45. The highest BCUT2D eigenvalue weighted by Crippen LogP contribution is 2.26. The third kappa shape index (κ3) is 5.51. The van der Waals surface area contributed by atoms with Gasteiger partial charge >= 0.3 is 5.97 Å². The molecule has 0 spiro atoms. The fourth-order valence-electron chi connectivity index (χ4n) is 3.35. The van der Waals surface area contributed by atoms with Crippen molar-refractivity contribution < 1.29 is 19.0 Å². The molecule has 1 fully saturated rings. The number of carboxylic acids is 1. The van der Waals surface area contributed by atoms with Crippen molar-refractivity contribution in [1.29, 1.82) is 0 Å². The second kappa shape index (κ2) is 9.83. The van der Waals surface area contributed by atoms with Gasteiger partial charge in [-0.3, -0.25) is 9.69 Å². The number of ether oxygens (including phenoxy) is 1. The van der Waals surface area contributed by atoms with E-state index in [0.717, 1.165) is 42.6 Å². The normalized spacial score (nSPS) is 16.5. The molecule has 0 radical (unpaired) electrons. The van der Waals surface area contributed by atoms with Gasteiger partial charge in [0.15, 0.2) is 0 Å². The number of halogens is 2. The summed E-state index contributed by atoms with van der Waals surface area (Å²) in [6.07, 6.45) is 1.79. The van der Waals surface area contributed by atoms with Crippen molar-refractivity contribution >= 4 is 18.4 Å². The summed E-state index contributed by atoms with van der Waals surface area (Å²) in [5, 5.41) is 9.11. The number of piperidine rings is 1. The zero-order valence-corrected chi connectivity index (χ0v) is 16.1. The van der Waals surface area contributed by atoms with Crippen molar-refractivity contribution in [1.82, 2.24) is 4.90 Å². The number of nitrogens with zero attached hydrogens (tertiary/aromatic N) is 1. The van der Waals surface area contributed by atoms with Gasteiger partial charge in [-0.2, -0.15) is 0 Å². The molecule has 0 amide bonds. The Balaban J connectivity index is 0.00000261. The molecule has 4 nitrogen and oxygen atoms in total. The quantitative estimate of drug-likeness (QED) is 0.791. The van der Waals surface area contributed by atoms with Crippen LogP contribution in [0.1, 0.15) is 25.3 Å². The minimum absolute atomic E-state index is 0. The average molecular weight is 394 g/mol. The molecular weight excluding hydrogens is 369 g/mol. The molecule has 0 bridgehead atoms. The van der Waals surface area contributed by atoms with Crippen LogP contribution >= 0.6 is 12.4 Å². The van der Waals surface area contributed by atoms with E-state index in [2.05, 4.69) is 0 Å². The van der Waals surface area contributed by atoms with E-state index in [1.54, 1.807) is 19.1 Å². The molecule has 1 saturated heterocycles. The maximum Gasteiger partial charge on any atom is 0.320 e. The molecule has 0 saturated carbocycles. The van der Waals surface area contributed by atoms with Crippen molar-refractivity contribution in [3.63, 3.8) is 0 Å². The maximum absolute atomic E-state index is 13.2. The Labute approximate surface area is 165 Å². The van der Waals surface area contributed by atoms with E-state index in [1.807, 2.05) is 29.2 Å². The van der Waals surface area contributed by atoms with Gasteiger partial charge in [-0.25, -0.2) is 4.39 Å². The molecular formula is C21H25ClFNO3. The minimum atomic E-state index is -0.780. The minimum Gasteiger partial charge on any atom is -0.480 e. The number of aliphatic carboxylic acids is 1. The molecule has 1 N–H and O–H groups in total. The molecule has 1 atom stereocenters. The zero-order valence-electron chi connectivity index (χ0n) is 15.3. The van der Waals surface area contributed by atoms with Crippen LogP contribution in [0.15, 0.2) is 48.5 Å². The van der Waals surface area contributed by atoms with Crippen LogP contribution in [-0.2, 0) is 16.1 Å². The molecule has 0 aromatic heterocycles. The van der Waals surface area contributed by atoms with Crippen LogP contribution in [0.3, 0.4) is 0 Å². The van der Waals surface area contributed by atoms with Crippen LogP contribution in [0.25, 0.3) is 11.1 Å². The van der Waals surface area contributed by atoms with Crippen molar-refractivity contribution in [2.45, 2.75) is 38.5 Å². The molecule has 2 aromatic carbocycles. The number of carbonyl (C=O) groups is 1. The number of rotatable bonds is 6. The van der Waals surface area contributed by atoms with Crippen molar-refractivity contribution in [3.8, 4) is 11.1 Å². The molecule has 2 aromatic rings. The second-order valence-corrected chi connectivity index (χ2v) is 6.72. The first-order valence-electron chi connectivity index (χ1n) is 8.97. The Morgan fingerprint density at radius 3 is 2.44 bits per heavy atom. The van der Waals surface area contributed by atoms with Gasteiger partial charge in [0.2, 0.25) is 0 Å². The van der Waals surface area contributed by atoms with E-state index in [1.165, 1.54) is 12.1 Å². The maximum atomic E-state index is 13.2. The van der Waals surface area contributed by atoms with Gasteiger partial charge in [0.05, 0.1) is 12.7 Å². The van der Waals surface area contributed by atoms with Crippen LogP contribution in [0.5, 0.6) is 0 Å². The SMILES string of the molecule is CC(C(=O)O)N1CCC(OCc2ccccc2-c2ccc(F)cc2)CC1.Cl. The van der Waals surface area contributed by atoms with Crippen LogP contribution in [-0.4, -0.2) is 41.2 Å². The molecule has 0 aliphatic carbocycles. The van der Waals surface area contributed by atoms with Gasteiger partial charge in [0, 0.05) is 13.1 Å². The monoisotopic (exact) mass is 393 g/mol.